The summed E-state index contributed by atoms with van der Waals surface area (Å²) < 4.78 is 0. The van der Waals surface area contributed by atoms with Crippen molar-refractivity contribution < 1.29 is 10.2 Å². The minimum absolute atomic E-state index is 0.136. The third-order valence-corrected chi connectivity index (χ3v) is 2.75. The van der Waals surface area contributed by atoms with Gasteiger partial charge >= 0.3 is 0 Å². The molecule has 0 aliphatic rings. The number of hydrogen-bond acceptors (Lipinski definition) is 2. The van der Waals surface area contributed by atoms with E-state index in [2.05, 4.69) is 0 Å². The first-order valence-electron chi connectivity index (χ1n) is 6.35. The quantitative estimate of drug-likeness (QED) is 0.735. The molecule has 0 bridgehead atoms. The van der Waals surface area contributed by atoms with Gasteiger partial charge in [-0.05, 0) is 23.6 Å². The van der Waals surface area contributed by atoms with Crippen LogP contribution in [0.25, 0.3) is 10.8 Å². The van der Waals surface area contributed by atoms with Crippen LogP contribution in [0.3, 0.4) is 0 Å². The molecule has 0 saturated carbocycles. The van der Waals surface area contributed by atoms with Crippen LogP contribution in [0.15, 0.2) is 84.9 Å². The number of aromatic hydroxyl groups is 2. The standard InChI is InChI=1S/C18H16O2/c19-16-11-7-10-15-9-5-3-1-2-4-6-13-17(15)18(20)14-8-12-16/h1-14,19-20H. The van der Waals surface area contributed by atoms with Gasteiger partial charge in [0, 0.05) is 5.39 Å². The zero-order valence-electron chi connectivity index (χ0n) is 11.0. The number of hydrogen-bond donors (Lipinski definition) is 2. The molecule has 0 aromatic heterocycles. The van der Waals surface area contributed by atoms with Gasteiger partial charge in [0.1, 0.15) is 11.5 Å². The Hall–Kier alpha value is -2.74. The van der Waals surface area contributed by atoms with Crippen LogP contribution in [0.1, 0.15) is 0 Å². The van der Waals surface area contributed by atoms with Crippen LogP contribution < -0.4 is 0 Å². The van der Waals surface area contributed by atoms with Crippen molar-refractivity contribution in [3.63, 3.8) is 0 Å². The summed E-state index contributed by atoms with van der Waals surface area (Å²) in [6, 6.07) is 25.1. The van der Waals surface area contributed by atoms with E-state index in [1.807, 2.05) is 54.6 Å². The van der Waals surface area contributed by atoms with E-state index >= 15 is 0 Å². The van der Waals surface area contributed by atoms with Crippen LogP contribution in [-0.4, -0.2) is 10.2 Å². The van der Waals surface area contributed by atoms with Crippen molar-refractivity contribution in [2.75, 3.05) is 0 Å². The molecule has 2 aromatic rings. The Balaban J connectivity index is 2.92. The predicted molar refractivity (Wildman–Crippen MR) is 82.5 cm³/mol. The smallest absolute Gasteiger partial charge is 0.123 e. The van der Waals surface area contributed by atoms with Gasteiger partial charge < -0.3 is 10.2 Å². The molecule has 2 heteroatoms. The van der Waals surface area contributed by atoms with Gasteiger partial charge in [0.25, 0.3) is 0 Å². The third-order valence-electron chi connectivity index (χ3n) is 2.75. The van der Waals surface area contributed by atoms with Crippen molar-refractivity contribution in [3.8, 4) is 11.5 Å². The minimum atomic E-state index is 0.136. The van der Waals surface area contributed by atoms with Crippen LogP contribution in [0.4, 0.5) is 0 Å². The summed E-state index contributed by atoms with van der Waals surface area (Å²) in [6.07, 6.45) is 0. The van der Waals surface area contributed by atoms with Crippen molar-refractivity contribution in [2.45, 2.75) is 0 Å². The molecular formula is C18H16O2. The highest BCUT2D eigenvalue weighted by Crippen LogP contribution is 2.20. The summed E-state index contributed by atoms with van der Waals surface area (Å²) >= 11 is 0. The summed E-state index contributed by atoms with van der Waals surface area (Å²) in [5, 5.41) is 21.3. The summed E-state index contributed by atoms with van der Waals surface area (Å²) in [4.78, 5) is 0. The second-order valence-electron chi connectivity index (χ2n) is 4.22. The van der Waals surface area contributed by atoms with E-state index in [1.165, 1.54) is 6.07 Å². The molecule has 0 spiro atoms. The number of fused-ring (bicyclic) bond motifs is 1. The maximum Gasteiger partial charge on any atom is 0.123 e. The SMILES string of the molecule is Oc1cccc(O)c2ccccccccc2ccc1. The van der Waals surface area contributed by atoms with Gasteiger partial charge in [0.2, 0.25) is 0 Å². The fraction of sp³-hybridized carbons (Fsp3) is 0. The summed E-state index contributed by atoms with van der Waals surface area (Å²) in [5.74, 6) is 0.283. The van der Waals surface area contributed by atoms with Crippen molar-refractivity contribution in [1.82, 2.24) is 0 Å². The molecule has 100 valence electrons. The first kappa shape index (κ1) is 13.7. The van der Waals surface area contributed by atoms with Crippen LogP contribution in [0.5, 0.6) is 11.5 Å². The Morgan fingerprint density at radius 1 is 0.500 bits per heavy atom. The third kappa shape index (κ3) is 3.89. The average molecular weight is 264 g/mol. The Labute approximate surface area is 118 Å². The van der Waals surface area contributed by atoms with Crippen LogP contribution in [0, 0.1) is 0 Å². The molecule has 0 aliphatic carbocycles. The molecule has 0 fully saturated rings. The van der Waals surface area contributed by atoms with Crippen molar-refractivity contribution in [1.29, 1.82) is 0 Å². The Morgan fingerprint density at radius 3 is 1.80 bits per heavy atom. The Bertz CT molecular complexity index is 706. The molecule has 2 N–H and O–H groups in total. The van der Waals surface area contributed by atoms with E-state index in [4.69, 9.17) is 0 Å². The molecule has 0 saturated heterocycles. The van der Waals surface area contributed by atoms with Gasteiger partial charge in [0.15, 0.2) is 0 Å². The maximum absolute atomic E-state index is 10.2. The zero-order chi connectivity index (χ0) is 14.2. The van der Waals surface area contributed by atoms with E-state index in [0.717, 1.165) is 10.8 Å². The second-order valence-corrected chi connectivity index (χ2v) is 4.22. The van der Waals surface area contributed by atoms with Crippen LogP contribution in [-0.2, 0) is 0 Å². The highest BCUT2D eigenvalue weighted by molar-refractivity contribution is 5.85. The molecule has 0 aliphatic heterocycles. The van der Waals surface area contributed by atoms with Gasteiger partial charge in [-0.2, -0.15) is 0 Å². The lowest BCUT2D eigenvalue weighted by atomic mass is 10.2. The van der Waals surface area contributed by atoms with Crippen LogP contribution >= 0.6 is 0 Å². The molecular weight excluding hydrogens is 248 g/mol. The molecule has 0 atom stereocenters. The molecule has 2 aromatic carbocycles. The molecule has 0 amide bonds. The van der Waals surface area contributed by atoms with E-state index in [1.54, 1.807) is 24.3 Å². The van der Waals surface area contributed by atoms with Gasteiger partial charge in [-0.1, -0.05) is 66.7 Å². The highest BCUT2D eigenvalue weighted by atomic mass is 16.3. The summed E-state index contributed by atoms with van der Waals surface area (Å²) in [7, 11) is 0. The first-order chi connectivity index (χ1) is 9.77. The molecule has 2 nitrogen and oxygen atoms in total. The first-order valence-corrected chi connectivity index (χ1v) is 6.35. The number of rotatable bonds is 0. The predicted octanol–water partition coefficient (Wildman–Crippen LogP) is 4.50. The summed E-state index contributed by atoms with van der Waals surface area (Å²) in [5.41, 5.74) is 0. The topological polar surface area (TPSA) is 40.5 Å². The average Bonchev–Trinajstić information content (AvgIpc) is 2.44. The van der Waals surface area contributed by atoms with Gasteiger partial charge in [-0.25, -0.2) is 0 Å². The molecule has 2 rings (SSSR count). The lowest BCUT2D eigenvalue weighted by molar-refractivity contribution is 0.475. The lowest BCUT2D eigenvalue weighted by Gasteiger charge is -1.94. The fourth-order valence-corrected chi connectivity index (χ4v) is 1.77. The molecule has 0 radical (unpaired) electrons. The van der Waals surface area contributed by atoms with Crippen molar-refractivity contribution >= 4 is 10.8 Å². The Kier molecular flexibility index (Phi) is 4.79. The maximum atomic E-state index is 10.2. The second kappa shape index (κ2) is 7.00. The van der Waals surface area contributed by atoms with Crippen molar-refractivity contribution in [2.24, 2.45) is 0 Å². The summed E-state index contributed by atoms with van der Waals surface area (Å²) in [6.45, 7) is 0. The lowest BCUT2D eigenvalue weighted by Crippen LogP contribution is -1.67. The normalized spacial score (nSPS) is 9.40. The van der Waals surface area contributed by atoms with Crippen LogP contribution in [0.2, 0.25) is 0 Å². The van der Waals surface area contributed by atoms with Gasteiger partial charge in [0.05, 0.1) is 0 Å². The minimum Gasteiger partial charge on any atom is -0.508 e. The fourth-order valence-electron chi connectivity index (χ4n) is 1.77. The van der Waals surface area contributed by atoms with E-state index in [-0.39, 0.29) is 11.5 Å². The molecule has 20 heavy (non-hydrogen) atoms. The van der Waals surface area contributed by atoms with Gasteiger partial charge in [-0.15, -0.1) is 0 Å². The van der Waals surface area contributed by atoms with E-state index in [0.29, 0.717) is 0 Å². The zero-order valence-corrected chi connectivity index (χ0v) is 11.0. The van der Waals surface area contributed by atoms with E-state index < -0.39 is 0 Å². The Morgan fingerprint density at radius 2 is 1.05 bits per heavy atom. The van der Waals surface area contributed by atoms with Gasteiger partial charge in [-0.3, -0.25) is 0 Å². The molecule has 0 unspecified atom stereocenters. The largest absolute Gasteiger partial charge is 0.508 e. The van der Waals surface area contributed by atoms with E-state index in [9.17, 15) is 10.2 Å². The van der Waals surface area contributed by atoms with Crippen molar-refractivity contribution in [3.05, 3.63) is 84.9 Å². The monoisotopic (exact) mass is 264 g/mol. The molecule has 0 heterocycles. The highest BCUT2D eigenvalue weighted by Gasteiger charge is 1.91.